The van der Waals surface area contributed by atoms with E-state index in [9.17, 15) is 9.90 Å². The molecule has 1 fully saturated rings. The molecule has 0 aliphatic carbocycles. The predicted molar refractivity (Wildman–Crippen MR) is 55.9 cm³/mol. The molecule has 0 bridgehead atoms. The lowest BCUT2D eigenvalue weighted by atomic mass is 10.1. The minimum Gasteiger partial charge on any atom is -0.394 e. The van der Waals surface area contributed by atoms with Crippen molar-refractivity contribution < 1.29 is 9.90 Å². The van der Waals surface area contributed by atoms with E-state index in [-0.39, 0.29) is 18.6 Å². The van der Waals surface area contributed by atoms with Crippen LogP contribution in [-0.4, -0.2) is 35.1 Å². The first kappa shape index (κ1) is 11.2. The molecule has 0 radical (unpaired) electrons. The number of aliphatic hydroxyl groups is 1. The molecule has 1 heterocycles. The number of amides is 1. The largest absolute Gasteiger partial charge is 0.394 e. The Kier molecular flexibility index (Phi) is 4.66. The van der Waals surface area contributed by atoms with Gasteiger partial charge in [0.15, 0.2) is 0 Å². The summed E-state index contributed by atoms with van der Waals surface area (Å²) in [5, 5.41) is 9.19. The van der Waals surface area contributed by atoms with Gasteiger partial charge in [-0.25, -0.2) is 0 Å². The topological polar surface area (TPSA) is 40.5 Å². The second kappa shape index (κ2) is 5.81. The van der Waals surface area contributed by atoms with Gasteiger partial charge in [0.25, 0.3) is 0 Å². The highest BCUT2D eigenvalue weighted by atomic mass is 16.3. The van der Waals surface area contributed by atoms with Gasteiger partial charge < -0.3 is 10.0 Å². The normalized spacial score (nSPS) is 23.9. The highest BCUT2D eigenvalue weighted by Gasteiger charge is 2.22. The van der Waals surface area contributed by atoms with Crippen LogP contribution in [0.2, 0.25) is 0 Å². The van der Waals surface area contributed by atoms with Gasteiger partial charge in [0, 0.05) is 6.54 Å². The van der Waals surface area contributed by atoms with Crippen molar-refractivity contribution in [1.82, 2.24) is 4.90 Å². The van der Waals surface area contributed by atoms with Crippen molar-refractivity contribution in [1.29, 1.82) is 0 Å². The standard InChI is InChI=1S/C11H19NO2/c1-2-6-11(14)12-8-5-3-4-7-10(12)9-13/h2,6,10,13H,3-5,7-9H2,1H3/b6-2+. The highest BCUT2D eigenvalue weighted by Crippen LogP contribution is 2.16. The van der Waals surface area contributed by atoms with E-state index in [1.807, 2.05) is 6.92 Å². The lowest BCUT2D eigenvalue weighted by molar-refractivity contribution is -0.129. The van der Waals surface area contributed by atoms with Crippen LogP contribution < -0.4 is 0 Å². The summed E-state index contributed by atoms with van der Waals surface area (Å²) in [4.78, 5) is 13.4. The Bertz CT molecular complexity index is 213. The fourth-order valence-electron chi connectivity index (χ4n) is 1.90. The second-order valence-corrected chi connectivity index (χ2v) is 3.72. The molecule has 1 rings (SSSR count). The van der Waals surface area contributed by atoms with Crippen LogP contribution in [0.25, 0.3) is 0 Å². The Hall–Kier alpha value is -0.830. The SMILES string of the molecule is C/C=C/C(=O)N1CCCCCC1CO. The van der Waals surface area contributed by atoms with Crippen LogP contribution in [0.4, 0.5) is 0 Å². The fraction of sp³-hybridized carbons (Fsp3) is 0.727. The third kappa shape index (κ3) is 2.84. The van der Waals surface area contributed by atoms with E-state index in [0.717, 1.165) is 32.2 Å². The van der Waals surface area contributed by atoms with Crippen LogP contribution in [0.5, 0.6) is 0 Å². The van der Waals surface area contributed by atoms with E-state index in [1.54, 1.807) is 17.1 Å². The quantitative estimate of drug-likeness (QED) is 0.678. The van der Waals surface area contributed by atoms with Gasteiger partial charge in [0.2, 0.25) is 5.91 Å². The molecule has 1 saturated heterocycles. The van der Waals surface area contributed by atoms with Gasteiger partial charge in [-0.1, -0.05) is 18.9 Å². The molecule has 1 aliphatic rings. The number of allylic oxidation sites excluding steroid dienone is 1. The zero-order valence-electron chi connectivity index (χ0n) is 8.78. The molecule has 0 aromatic heterocycles. The van der Waals surface area contributed by atoms with Crippen molar-refractivity contribution in [3.63, 3.8) is 0 Å². The maximum atomic E-state index is 11.6. The Labute approximate surface area is 85.4 Å². The molecular formula is C11H19NO2. The highest BCUT2D eigenvalue weighted by molar-refractivity contribution is 5.87. The van der Waals surface area contributed by atoms with Crippen molar-refractivity contribution >= 4 is 5.91 Å². The summed E-state index contributed by atoms with van der Waals surface area (Å²) in [6, 6.07) is 0.0289. The van der Waals surface area contributed by atoms with Gasteiger partial charge in [-0.05, 0) is 25.8 Å². The van der Waals surface area contributed by atoms with Crippen LogP contribution in [0, 0.1) is 0 Å². The van der Waals surface area contributed by atoms with Gasteiger partial charge in [0.1, 0.15) is 0 Å². The first-order valence-electron chi connectivity index (χ1n) is 5.33. The van der Waals surface area contributed by atoms with Gasteiger partial charge in [-0.2, -0.15) is 0 Å². The average molecular weight is 197 g/mol. The van der Waals surface area contributed by atoms with E-state index in [1.165, 1.54) is 0 Å². The molecule has 1 aliphatic heterocycles. The molecule has 3 nitrogen and oxygen atoms in total. The third-order valence-corrected chi connectivity index (χ3v) is 2.68. The van der Waals surface area contributed by atoms with Crippen molar-refractivity contribution in [2.75, 3.05) is 13.2 Å². The lowest BCUT2D eigenvalue weighted by Crippen LogP contribution is -2.41. The summed E-state index contributed by atoms with van der Waals surface area (Å²) < 4.78 is 0. The number of hydrogen-bond acceptors (Lipinski definition) is 2. The van der Waals surface area contributed by atoms with Crippen molar-refractivity contribution in [2.24, 2.45) is 0 Å². The molecular weight excluding hydrogens is 178 g/mol. The number of carbonyl (C=O) groups excluding carboxylic acids is 1. The summed E-state index contributed by atoms with van der Waals surface area (Å²) in [5.41, 5.74) is 0. The zero-order valence-corrected chi connectivity index (χ0v) is 8.78. The maximum Gasteiger partial charge on any atom is 0.246 e. The van der Waals surface area contributed by atoms with Crippen LogP contribution in [-0.2, 0) is 4.79 Å². The number of nitrogens with zero attached hydrogens (tertiary/aromatic N) is 1. The summed E-state index contributed by atoms with van der Waals surface area (Å²) in [6.07, 6.45) is 7.59. The van der Waals surface area contributed by atoms with Crippen LogP contribution in [0.1, 0.15) is 32.6 Å². The zero-order chi connectivity index (χ0) is 10.4. The Morgan fingerprint density at radius 1 is 1.50 bits per heavy atom. The van der Waals surface area contributed by atoms with Gasteiger partial charge in [0.05, 0.1) is 12.6 Å². The number of hydrogen-bond donors (Lipinski definition) is 1. The summed E-state index contributed by atoms with van der Waals surface area (Å²) in [5.74, 6) is 0.0356. The molecule has 1 N–H and O–H groups in total. The van der Waals surface area contributed by atoms with Crippen molar-refractivity contribution in [2.45, 2.75) is 38.6 Å². The molecule has 0 aromatic rings. The average Bonchev–Trinajstić information content (AvgIpc) is 2.42. The summed E-state index contributed by atoms with van der Waals surface area (Å²) in [7, 11) is 0. The van der Waals surface area contributed by atoms with E-state index in [2.05, 4.69) is 0 Å². The molecule has 80 valence electrons. The third-order valence-electron chi connectivity index (χ3n) is 2.68. The molecule has 0 saturated carbocycles. The van der Waals surface area contributed by atoms with Gasteiger partial charge in [-0.15, -0.1) is 0 Å². The molecule has 3 heteroatoms. The second-order valence-electron chi connectivity index (χ2n) is 3.72. The monoisotopic (exact) mass is 197 g/mol. The number of rotatable bonds is 2. The summed E-state index contributed by atoms with van der Waals surface area (Å²) >= 11 is 0. The molecule has 1 amide bonds. The predicted octanol–water partition coefficient (Wildman–Crippen LogP) is 1.33. The van der Waals surface area contributed by atoms with Crippen molar-refractivity contribution in [3.8, 4) is 0 Å². The summed E-state index contributed by atoms with van der Waals surface area (Å²) in [6.45, 7) is 2.71. The fourth-order valence-corrected chi connectivity index (χ4v) is 1.90. The van der Waals surface area contributed by atoms with E-state index < -0.39 is 0 Å². The van der Waals surface area contributed by atoms with E-state index in [4.69, 9.17) is 0 Å². The first-order chi connectivity index (χ1) is 6.79. The minimum absolute atomic E-state index is 0.0289. The number of carbonyl (C=O) groups is 1. The number of aliphatic hydroxyl groups excluding tert-OH is 1. The Balaban J connectivity index is 2.64. The van der Waals surface area contributed by atoms with Gasteiger partial charge >= 0.3 is 0 Å². The Morgan fingerprint density at radius 3 is 2.93 bits per heavy atom. The number of likely N-dealkylation sites (tertiary alicyclic amines) is 1. The maximum absolute atomic E-state index is 11.6. The molecule has 0 spiro atoms. The smallest absolute Gasteiger partial charge is 0.246 e. The van der Waals surface area contributed by atoms with Gasteiger partial charge in [-0.3, -0.25) is 4.79 Å². The molecule has 14 heavy (non-hydrogen) atoms. The van der Waals surface area contributed by atoms with E-state index >= 15 is 0 Å². The molecule has 1 atom stereocenters. The van der Waals surface area contributed by atoms with Crippen LogP contribution in [0.15, 0.2) is 12.2 Å². The van der Waals surface area contributed by atoms with E-state index in [0.29, 0.717) is 0 Å². The van der Waals surface area contributed by atoms with Crippen molar-refractivity contribution in [3.05, 3.63) is 12.2 Å². The Morgan fingerprint density at radius 2 is 2.29 bits per heavy atom. The lowest BCUT2D eigenvalue weighted by Gasteiger charge is -2.27. The molecule has 1 unspecified atom stereocenters. The van der Waals surface area contributed by atoms with Crippen LogP contribution in [0.3, 0.4) is 0 Å². The minimum atomic E-state index is 0.0289. The first-order valence-corrected chi connectivity index (χ1v) is 5.33. The molecule has 0 aromatic carbocycles. The van der Waals surface area contributed by atoms with Crippen LogP contribution >= 0.6 is 0 Å².